The van der Waals surface area contributed by atoms with Crippen LogP contribution in [-0.2, 0) is 29.8 Å². The first-order valence-electron chi connectivity index (χ1n) is 18.7. The molecular formula is C44H55BO7S2. The monoisotopic (exact) mass is 770 g/mol. The van der Waals surface area contributed by atoms with Crippen LogP contribution >= 0.6 is 20.6 Å². The van der Waals surface area contributed by atoms with E-state index in [-0.39, 0.29) is 33.0 Å². The Bertz CT molecular complexity index is 1570. The van der Waals surface area contributed by atoms with Crippen LogP contribution in [0.2, 0.25) is 0 Å². The van der Waals surface area contributed by atoms with Crippen molar-refractivity contribution in [3.8, 4) is 0 Å². The summed E-state index contributed by atoms with van der Waals surface area (Å²) >= 11 is 0. The highest BCUT2D eigenvalue weighted by Gasteiger charge is 2.41. The number of rotatable bonds is 24. The van der Waals surface area contributed by atoms with E-state index >= 15 is 0 Å². The molecule has 0 radical (unpaired) electrons. The molecule has 54 heavy (non-hydrogen) atoms. The van der Waals surface area contributed by atoms with Crippen molar-refractivity contribution in [1.29, 1.82) is 0 Å². The molecule has 0 aliphatic heterocycles. The molecule has 5 aromatic rings. The zero-order chi connectivity index (χ0) is 38.0. The van der Waals surface area contributed by atoms with Gasteiger partial charge in [-0.05, 0) is 40.7 Å². The first kappa shape index (κ1) is 41.7. The molecule has 0 atom stereocenters. The Morgan fingerprint density at radius 2 is 0.759 bits per heavy atom. The minimum absolute atomic E-state index is 0.127. The van der Waals surface area contributed by atoms with Gasteiger partial charge < -0.3 is 33.3 Å². The van der Waals surface area contributed by atoms with Crippen molar-refractivity contribution in [3.63, 3.8) is 0 Å². The van der Waals surface area contributed by atoms with Gasteiger partial charge in [-0.25, -0.2) is 0 Å². The van der Waals surface area contributed by atoms with Gasteiger partial charge in [0, 0.05) is 46.5 Å². The van der Waals surface area contributed by atoms with Gasteiger partial charge in [0.05, 0.1) is 26.4 Å². The molecule has 0 amide bonds. The maximum absolute atomic E-state index is 10.4. The molecule has 0 saturated carbocycles. The summed E-state index contributed by atoms with van der Waals surface area (Å²) in [7, 11) is -5.53. The number of benzene rings is 5. The summed E-state index contributed by atoms with van der Waals surface area (Å²) in [6, 6.07) is 51.6. The van der Waals surface area contributed by atoms with Crippen LogP contribution in [0.1, 0.15) is 40.7 Å². The predicted octanol–water partition coefficient (Wildman–Crippen LogP) is 7.64. The van der Waals surface area contributed by atoms with E-state index in [1.807, 2.05) is 78.9 Å². The number of aliphatic hydroxyl groups excluding tert-OH is 4. The second kappa shape index (κ2) is 21.6. The van der Waals surface area contributed by atoms with E-state index in [2.05, 4.69) is 72.8 Å². The van der Waals surface area contributed by atoms with Crippen molar-refractivity contribution in [2.75, 3.05) is 56.0 Å². The lowest BCUT2D eigenvalue weighted by Gasteiger charge is -2.45. The fourth-order valence-electron chi connectivity index (χ4n) is 7.20. The molecule has 0 aliphatic carbocycles. The first-order valence-corrected chi connectivity index (χ1v) is 22.8. The van der Waals surface area contributed by atoms with E-state index in [1.54, 1.807) is 0 Å². The lowest BCUT2D eigenvalue weighted by molar-refractivity contribution is 0.203. The second-order valence-electron chi connectivity index (χ2n) is 13.4. The minimum Gasteiger partial charge on any atom is -0.395 e. The predicted molar refractivity (Wildman–Crippen MR) is 226 cm³/mol. The molecule has 0 spiro atoms. The van der Waals surface area contributed by atoms with E-state index in [0.717, 1.165) is 17.5 Å². The molecule has 10 heteroatoms. The molecule has 288 valence electrons. The van der Waals surface area contributed by atoms with Crippen LogP contribution in [-0.4, -0.2) is 83.8 Å². The van der Waals surface area contributed by atoms with Gasteiger partial charge in [0.1, 0.15) is 0 Å². The molecule has 0 fully saturated rings. The summed E-state index contributed by atoms with van der Waals surface area (Å²) in [5.74, 6) is 2.30. The zero-order valence-corrected chi connectivity index (χ0v) is 32.7. The quantitative estimate of drug-likeness (QED) is 0.0290. The molecular weight excluding hydrogens is 715 g/mol. The lowest BCUT2D eigenvalue weighted by Crippen LogP contribution is -2.37. The molecule has 5 rings (SSSR count). The van der Waals surface area contributed by atoms with Crippen LogP contribution in [0.25, 0.3) is 0 Å². The maximum atomic E-state index is 10.4. The van der Waals surface area contributed by atoms with Crippen molar-refractivity contribution in [1.82, 2.24) is 0 Å². The molecule has 0 aromatic heterocycles. The molecule has 0 bridgehead atoms. The zero-order valence-electron chi connectivity index (χ0n) is 31.0. The smallest absolute Gasteiger partial charge is 0.395 e. The highest BCUT2D eigenvalue weighted by atomic mass is 32.3. The van der Waals surface area contributed by atoms with E-state index in [1.165, 1.54) is 16.7 Å². The van der Waals surface area contributed by atoms with E-state index in [9.17, 15) is 20.4 Å². The normalized spacial score (nSPS) is 12.7. The van der Waals surface area contributed by atoms with E-state index in [4.69, 9.17) is 12.9 Å². The highest BCUT2D eigenvalue weighted by molar-refractivity contribution is 8.30. The Labute approximate surface area is 325 Å². The summed E-state index contributed by atoms with van der Waals surface area (Å²) in [6.45, 7) is -0.219. The molecule has 5 aromatic carbocycles. The SMILES string of the molecule is OCCS(CCO)(Cc1ccccc1)OB(OCCCC(c1ccccc1)(c1ccccc1)c1ccccc1)OS(CCO)(CCO)Cc1ccccc1. The van der Waals surface area contributed by atoms with Gasteiger partial charge in [-0.1, -0.05) is 152 Å². The maximum Gasteiger partial charge on any atom is 0.660 e. The Morgan fingerprint density at radius 1 is 0.444 bits per heavy atom. The van der Waals surface area contributed by atoms with Crippen molar-refractivity contribution >= 4 is 27.9 Å². The van der Waals surface area contributed by atoms with Crippen LogP contribution in [0, 0.1) is 0 Å². The molecule has 0 saturated heterocycles. The molecule has 0 heterocycles. The van der Waals surface area contributed by atoms with Gasteiger partial charge >= 0.3 is 7.32 Å². The third kappa shape index (κ3) is 11.3. The average Bonchev–Trinajstić information content (AvgIpc) is 3.20. The summed E-state index contributed by atoms with van der Waals surface area (Å²) in [5, 5.41) is 41.4. The second-order valence-corrected chi connectivity index (χ2v) is 19.8. The van der Waals surface area contributed by atoms with Crippen molar-refractivity contribution < 1.29 is 33.3 Å². The first-order chi connectivity index (χ1) is 26.5. The third-order valence-corrected chi connectivity index (χ3v) is 16.3. The van der Waals surface area contributed by atoms with E-state index in [0.29, 0.717) is 40.9 Å². The van der Waals surface area contributed by atoms with Gasteiger partial charge in [-0.15, -0.1) is 20.6 Å². The molecule has 4 N–H and O–H groups in total. The Balaban J connectivity index is 1.50. The van der Waals surface area contributed by atoms with Crippen LogP contribution < -0.4 is 0 Å². The van der Waals surface area contributed by atoms with Crippen molar-refractivity contribution in [3.05, 3.63) is 179 Å². The van der Waals surface area contributed by atoms with Crippen LogP contribution in [0.4, 0.5) is 0 Å². The fourth-order valence-corrected chi connectivity index (χ4v) is 12.5. The Hall–Kier alpha value is -3.42. The van der Waals surface area contributed by atoms with Gasteiger partial charge in [-0.3, -0.25) is 0 Å². The molecule has 0 unspecified atom stereocenters. The van der Waals surface area contributed by atoms with Gasteiger partial charge in [0.15, 0.2) is 0 Å². The standard InChI is InChI=1S/C44H55BO7S2/c46-28-33-53(34-29-47,37-39-17-6-1-7-18-39)51-45(52-54(35-30-48,36-31-49)38-40-19-8-2-9-20-40)50-32-16-27-44(41-21-10-3-11-22-41,42-23-12-4-13-24-42)43-25-14-5-15-26-43/h1-15,17-26,46-49H,16,27-38H2. The van der Waals surface area contributed by atoms with Crippen molar-refractivity contribution in [2.45, 2.75) is 29.8 Å². The topological polar surface area (TPSA) is 109 Å². The minimum atomic E-state index is -2.18. The van der Waals surface area contributed by atoms with Gasteiger partial charge in [0.25, 0.3) is 0 Å². The van der Waals surface area contributed by atoms with Crippen molar-refractivity contribution in [2.24, 2.45) is 0 Å². The fraction of sp³-hybridized carbons (Fsp3) is 0.318. The molecule has 7 nitrogen and oxygen atoms in total. The van der Waals surface area contributed by atoms with Gasteiger partial charge in [0.2, 0.25) is 0 Å². The lowest BCUT2D eigenvalue weighted by atomic mass is 9.67. The number of aliphatic hydroxyl groups is 4. The Morgan fingerprint density at radius 3 is 1.07 bits per heavy atom. The summed E-state index contributed by atoms with van der Waals surface area (Å²) < 4.78 is 20.6. The summed E-state index contributed by atoms with van der Waals surface area (Å²) in [6.07, 6.45) is 1.37. The Kier molecular flexibility index (Phi) is 16.7. The summed E-state index contributed by atoms with van der Waals surface area (Å²) in [5.41, 5.74) is 5.14. The van der Waals surface area contributed by atoms with Crippen LogP contribution in [0.3, 0.4) is 0 Å². The highest BCUT2D eigenvalue weighted by Crippen LogP contribution is 2.57. The third-order valence-electron chi connectivity index (χ3n) is 9.71. The van der Waals surface area contributed by atoms with E-state index < -0.39 is 33.4 Å². The molecule has 0 aliphatic rings. The summed E-state index contributed by atoms with van der Waals surface area (Å²) in [4.78, 5) is 0. The largest absolute Gasteiger partial charge is 0.660 e. The number of hydrogen-bond donors (Lipinski definition) is 4. The van der Waals surface area contributed by atoms with Gasteiger partial charge in [-0.2, -0.15) is 0 Å². The van der Waals surface area contributed by atoms with Crippen LogP contribution in [0.5, 0.6) is 0 Å². The number of hydrogen-bond acceptors (Lipinski definition) is 7. The van der Waals surface area contributed by atoms with Crippen LogP contribution in [0.15, 0.2) is 152 Å². The average molecular weight is 771 g/mol.